The van der Waals surface area contributed by atoms with Crippen molar-refractivity contribution in [3.63, 3.8) is 0 Å². The lowest BCUT2D eigenvalue weighted by Crippen LogP contribution is -2.43. The van der Waals surface area contributed by atoms with Gasteiger partial charge in [0.15, 0.2) is 0 Å². The van der Waals surface area contributed by atoms with Crippen LogP contribution in [-0.2, 0) is 14.2 Å². The van der Waals surface area contributed by atoms with Crippen molar-refractivity contribution in [1.82, 2.24) is 21.3 Å². The van der Waals surface area contributed by atoms with Crippen LogP contribution in [0.2, 0.25) is 0 Å². The first-order valence-electron chi connectivity index (χ1n) is 10.0. The molecule has 0 aromatic rings. The minimum absolute atomic E-state index is 0.103. The Hall–Kier alpha value is -0.280. The highest BCUT2D eigenvalue weighted by Gasteiger charge is 2.45. The van der Waals surface area contributed by atoms with E-state index < -0.39 is 0 Å². The second kappa shape index (κ2) is 8.17. The van der Waals surface area contributed by atoms with Crippen molar-refractivity contribution in [3.05, 3.63) is 0 Å². The van der Waals surface area contributed by atoms with Crippen molar-refractivity contribution < 1.29 is 14.2 Å². The molecule has 3 saturated heterocycles. The van der Waals surface area contributed by atoms with Crippen molar-refractivity contribution in [3.8, 4) is 0 Å². The van der Waals surface area contributed by atoms with Crippen LogP contribution in [0.5, 0.6) is 0 Å². The molecule has 3 heterocycles. The van der Waals surface area contributed by atoms with Gasteiger partial charge in [0.2, 0.25) is 0 Å². The molecule has 8 atom stereocenters. The number of rotatable bonds is 0. The number of nitrogens with one attached hydrogen (secondary N) is 3. The van der Waals surface area contributed by atoms with Crippen LogP contribution in [0, 0.1) is 11.8 Å². The van der Waals surface area contributed by atoms with E-state index in [1.54, 1.807) is 0 Å². The monoisotopic (exact) mass is 354 g/mol. The van der Waals surface area contributed by atoms with E-state index >= 15 is 0 Å². The third-order valence-electron chi connectivity index (χ3n) is 6.47. The summed E-state index contributed by atoms with van der Waals surface area (Å²) in [7, 11) is 0. The van der Waals surface area contributed by atoms with E-state index in [-0.39, 0.29) is 12.2 Å². The number of fused-ring (bicyclic) bond motifs is 4. The highest BCUT2D eigenvalue weighted by Crippen LogP contribution is 2.36. The van der Waals surface area contributed by atoms with E-state index in [1.807, 2.05) is 0 Å². The van der Waals surface area contributed by atoms with Crippen LogP contribution in [0.4, 0.5) is 0 Å². The molecule has 0 radical (unpaired) electrons. The number of ether oxygens (including phenoxy) is 3. The maximum absolute atomic E-state index is 6.39. The highest BCUT2D eigenvalue weighted by atomic mass is 16.6. The Kier molecular flexibility index (Phi) is 5.91. The van der Waals surface area contributed by atoms with Gasteiger partial charge in [-0.2, -0.15) is 0 Å². The molecular formula is C18H34N4O3. The van der Waals surface area contributed by atoms with Gasteiger partial charge in [-0.3, -0.25) is 16.3 Å². The predicted molar refractivity (Wildman–Crippen MR) is 94.8 cm³/mol. The van der Waals surface area contributed by atoms with Gasteiger partial charge >= 0.3 is 0 Å². The second-order valence-electron chi connectivity index (χ2n) is 8.12. The lowest BCUT2D eigenvalue weighted by atomic mass is 9.76. The third kappa shape index (κ3) is 4.18. The quantitative estimate of drug-likeness (QED) is 0.577. The van der Waals surface area contributed by atoms with E-state index in [0.717, 1.165) is 39.1 Å². The van der Waals surface area contributed by atoms with Crippen LogP contribution in [0.25, 0.3) is 0 Å². The zero-order valence-corrected chi connectivity index (χ0v) is 15.6. The molecule has 4 rings (SSSR count). The lowest BCUT2D eigenvalue weighted by Gasteiger charge is -2.36. The molecule has 3 aliphatic heterocycles. The van der Waals surface area contributed by atoms with E-state index in [2.05, 4.69) is 35.1 Å². The predicted octanol–water partition coefficient (Wildman–Crippen LogP) is 0.277. The normalized spacial score (nSPS) is 49.2. The van der Waals surface area contributed by atoms with Crippen LogP contribution in [0.1, 0.15) is 33.1 Å². The van der Waals surface area contributed by atoms with Gasteiger partial charge in [0.05, 0.1) is 38.1 Å². The van der Waals surface area contributed by atoms with Gasteiger partial charge in [0.25, 0.3) is 0 Å². The highest BCUT2D eigenvalue weighted by molar-refractivity contribution is 5.00. The summed E-state index contributed by atoms with van der Waals surface area (Å²) < 4.78 is 18.0. The summed E-state index contributed by atoms with van der Waals surface area (Å²) in [5.74, 6) is 1.28. The number of hydrazine groups is 2. The Morgan fingerprint density at radius 2 is 1.92 bits per heavy atom. The number of nitrogens with zero attached hydrogens (tertiary/aromatic N) is 1. The van der Waals surface area contributed by atoms with Gasteiger partial charge in [0.1, 0.15) is 0 Å². The van der Waals surface area contributed by atoms with E-state index in [1.165, 1.54) is 6.42 Å². The Bertz CT molecular complexity index is 441. The Balaban J connectivity index is 1.44. The van der Waals surface area contributed by atoms with Crippen molar-refractivity contribution in [2.24, 2.45) is 11.8 Å². The minimum Gasteiger partial charge on any atom is -0.378 e. The van der Waals surface area contributed by atoms with Gasteiger partial charge < -0.3 is 14.2 Å². The average Bonchev–Trinajstić information content (AvgIpc) is 3.23. The van der Waals surface area contributed by atoms with Crippen LogP contribution in [-0.4, -0.2) is 74.9 Å². The van der Waals surface area contributed by atoms with Crippen molar-refractivity contribution in [2.75, 3.05) is 39.5 Å². The van der Waals surface area contributed by atoms with Gasteiger partial charge in [-0.1, -0.05) is 0 Å². The van der Waals surface area contributed by atoms with E-state index in [0.29, 0.717) is 43.2 Å². The summed E-state index contributed by atoms with van der Waals surface area (Å²) in [5, 5.41) is 2.31. The Morgan fingerprint density at radius 1 is 1.00 bits per heavy atom. The van der Waals surface area contributed by atoms with Gasteiger partial charge in [-0.15, -0.1) is 0 Å². The van der Waals surface area contributed by atoms with Gasteiger partial charge in [0, 0.05) is 37.6 Å². The molecule has 7 heteroatoms. The number of hydrogen-bond donors (Lipinski definition) is 3. The van der Waals surface area contributed by atoms with E-state index in [9.17, 15) is 0 Å². The van der Waals surface area contributed by atoms with Crippen LogP contribution < -0.4 is 16.3 Å². The zero-order chi connectivity index (χ0) is 17.2. The topological polar surface area (TPSA) is 67.0 Å². The molecule has 6 unspecified atom stereocenters. The molecule has 1 aliphatic carbocycles. The molecule has 4 aliphatic rings. The summed E-state index contributed by atoms with van der Waals surface area (Å²) in [6.07, 6.45) is 4.05. The third-order valence-corrected chi connectivity index (χ3v) is 6.47. The lowest BCUT2D eigenvalue weighted by molar-refractivity contribution is -0.109. The molecule has 7 nitrogen and oxygen atoms in total. The summed E-state index contributed by atoms with van der Waals surface area (Å²) in [5.41, 5.74) is 10.7. The molecule has 0 aromatic heterocycles. The van der Waals surface area contributed by atoms with Crippen molar-refractivity contribution >= 4 is 0 Å². The molecule has 144 valence electrons. The first-order valence-corrected chi connectivity index (χ1v) is 10.0. The molecule has 0 amide bonds. The largest absolute Gasteiger partial charge is 0.378 e. The summed E-state index contributed by atoms with van der Waals surface area (Å²) in [6, 6.07) is 1.11. The zero-order valence-electron chi connectivity index (χ0n) is 15.6. The first kappa shape index (κ1) is 18.1. The van der Waals surface area contributed by atoms with Gasteiger partial charge in [-0.05, 0) is 39.0 Å². The molecule has 4 fully saturated rings. The van der Waals surface area contributed by atoms with Crippen molar-refractivity contribution in [2.45, 2.75) is 63.5 Å². The molecule has 3 N–H and O–H groups in total. The SMILES string of the molecule is C[C@H]1OCCOCCN2CC(CN2)C2NNC3CCC(CC32)O[C@@H]1C. The summed E-state index contributed by atoms with van der Waals surface area (Å²) in [6.45, 7) is 9.34. The molecule has 0 spiro atoms. The van der Waals surface area contributed by atoms with Crippen LogP contribution >= 0.6 is 0 Å². The smallest absolute Gasteiger partial charge is 0.0809 e. The van der Waals surface area contributed by atoms with Crippen molar-refractivity contribution in [1.29, 1.82) is 0 Å². The number of hydrogen-bond acceptors (Lipinski definition) is 7. The Morgan fingerprint density at radius 3 is 2.84 bits per heavy atom. The average molecular weight is 354 g/mol. The fourth-order valence-electron chi connectivity index (χ4n) is 4.83. The summed E-state index contributed by atoms with van der Waals surface area (Å²) >= 11 is 0. The fraction of sp³-hybridized carbons (Fsp3) is 1.00. The van der Waals surface area contributed by atoms with Crippen LogP contribution in [0.3, 0.4) is 0 Å². The molecule has 1 saturated carbocycles. The van der Waals surface area contributed by atoms with Gasteiger partial charge in [-0.25, -0.2) is 5.01 Å². The fourth-order valence-corrected chi connectivity index (χ4v) is 4.83. The maximum atomic E-state index is 6.39. The minimum atomic E-state index is 0.103. The molecule has 0 aromatic carbocycles. The Labute approximate surface area is 151 Å². The van der Waals surface area contributed by atoms with Crippen LogP contribution in [0.15, 0.2) is 0 Å². The maximum Gasteiger partial charge on any atom is 0.0809 e. The standard InChI is InChI=1S/C18H34N4O3/c1-12-13(2)25-15-3-4-17-16(9-15)18(21-20-17)14-10-19-22(11-14)5-6-23-7-8-24-12/h12-21H,3-11H2,1-2H3/t12-,13-,14?,15?,16?,17?,18?/m1/s1. The van der Waals surface area contributed by atoms with E-state index in [4.69, 9.17) is 14.2 Å². The first-order chi connectivity index (χ1) is 12.2. The summed E-state index contributed by atoms with van der Waals surface area (Å²) in [4.78, 5) is 0. The second-order valence-corrected chi connectivity index (χ2v) is 8.12. The molecule has 25 heavy (non-hydrogen) atoms. The molecular weight excluding hydrogens is 320 g/mol. The molecule has 4 bridgehead atoms.